The first-order chi connectivity index (χ1) is 7.61. The number of ether oxygens (including phenoxy) is 2. The van der Waals surface area contributed by atoms with Crippen molar-refractivity contribution in [2.75, 3.05) is 0 Å². The van der Waals surface area contributed by atoms with Crippen molar-refractivity contribution in [3.8, 4) is 11.5 Å². The highest BCUT2D eigenvalue weighted by Gasteiger charge is 2.04. The van der Waals surface area contributed by atoms with Crippen LogP contribution in [0.25, 0.3) is 0 Å². The fraction of sp³-hybridized carbons (Fsp3) is 0.333. The fourth-order valence-electron chi connectivity index (χ4n) is 1.13. The van der Waals surface area contributed by atoms with E-state index in [1.165, 1.54) is 6.92 Å². The molecule has 0 saturated heterocycles. The second kappa shape index (κ2) is 5.90. The number of carbonyl (C=O) groups excluding carboxylic acids is 2. The molecule has 4 heteroatoms. The van der Waals surface area contributed by atoms with Crippen molar-refractivity contribution in [1.29, 1.82) is 0 Å². The van der Waals surface area contributed by atoms with Gasteiger partial charge in [-0.2, -0.15) is 0 Å². The third-order valence-corrected chi connectivity index (χ3v) is 1.77. The van der Waals surface area contributed by atoms with Crippen molar-refractivity contribution < 1.29 is 19.1 Å². The summed E-state index contributed by atoms with van der Waals surface area (Å²) in [6.45, 7) is 3.24. The standard InChI is InChI=1S/C12H14O4/c1-3-4-12(14)16-11-7-5-10(6-8-11)15-9(2)13/h5-8H,3-4H2,1-2H3. The second-order valence-corrected chi connectivity index (χ2v) is 3.29. The molecule has 1 aromatic rings. The highest BCUT2D eigenvalue weighted by Crippen LogP contribution is 2.18. The lowest BCUT2D eigenvalue weighted by atomic mass is 10.3. The maximum Gasteiger partial charge on any atom is 0.311 e. The van der Waals surface area contributed by atoms with Gasteiger partial charge in [-0.05, 0) is 30.7 Å². The Kier molecular flexibility index (Phi) is 4.51. The summed E-state index contributed by atoms with van der Waals surface area (Å²) in [5.74, 6) is 0.246. The fourth-order valence-corrected chi connectivity index (χ4v) is 1.13. The van der Waals surface area contributed by atoms with Gasteiger partial charge in [0.15, 0.2) is 0 Å². The molecular formula is C12H14O4. The Balaban J connectivity index is 2.57. The van der Waals surface area contributed by atoms with Crippen molar-refractivity contribution in [3.05, 3.63) is 24.3 Å². The van der Waals surface area contributed by atoms with Crippen LogP contribution in [0.1, 0.15) is 26.7 Å². The van der Waals surface area contributed by atoms with E-state index in [-0.39, 0.29) is 11.9 Å². The van der Waals surface area contributed by atoms with Crippen LogP contribution in [-0.2, 0) is 9.59 Å². The lowest BCUT2D eigenvalue weighted by Crippen LogP contribution is -2.07. The predicted octanol–water partition coefficient (Wildman–Crippen LogP) is 2.32. The van der Waals surface area contributed by atoms with E-state index < -0.39 is 0 Å². The number of hydrogen-bond acceptors (Lipinski definition) is 4. The Morgan fingerprint density at radius 3 is 2.00 bits per heavy atom. The minimum atomic E-state index is -0.379. The highest BCUT2D eigenvalue weighted by molar-refractivity contribution is 5.72. The Morgan fingerprint density at radius 1 is 1.06 bits per heavy atom. The van der Waals surface area contributed by atoms with E-state index in [2.05, 4.69) is 0 Å². The van der Waals surface area contributed by atoms with E-state index in [1.807, 2.05) is 6.92 Å². The monoisotopic (exact) mass is 222 g/mol. The summed E-state index contributed by atoms with van der Waals surface area (Å²) in [5, 5.41) is 0. The van der Waals surface area contributed by atoms with Gasteiger partial charge in [0.05, 0.1) is 0 Å². The molecule has 86 valence electrons. The van der Waals surface area contributed by atoms with Crippen molar-refractivity contribution in [3.63, 3.8) is 0 Å². The summed E-state index contributed by atoms with van der Waals surface area (Å²) in [6.07, 6.45) is 1.15. The van der Waals surface area contributed by atoms with Crippen LogP contribution in [0.4, 0.5) is 0 Å². The maximum absolute atomic E-state index is 11.2. The van der Waals surface area contributed by atoms with E-state index in [0.717, 1.165) is 6.42 Å². The molecule has 0 aliphatic heterocycles. The summed E-state index contributed by atoms with van der Waals surface area (Å²) in [4.78, 5) is 21.8. The smallest absolute Gasteiger partial charge is 0.311 e. The van der Waals surface area contributed by atoms with Gasteiger partial charge in [0.1, 0.15) is 11.5 Å². The Labute approximate surface area is 94.2 Å². The topological polar surface area (TPSA) is 52.6 Å². The largest absolute Gasteiger partial charge is 0.427 e. The zero-order chi connectivity index (χ0) is 12.0. The summed E-state index contributed by atoms with van der Waals surface area (Å²) in [6, 6.07) is 6.34. The highest BCUT2D eigenvalue weighted by atomic mass is 16.5. The van der Waals surface area contributed by atoms with Crippen LogP contribution >= 0.6 is 0 Å². The van der Waals surface area contributed by atoms with E-state index >= 15 is 0 Å². The third-order valence-electron chi connectivity index (χ3n) is 1.77. The summed E-state index contributed by atoms with van der Waals surface area (Å²) < 4.78 is 9.88. The van der Waals surface area contributed by atoms with Crippen LogP contribution in [0.15, 0.2) is 24.3 Å². The van der Waals surface area contributed by atoms with Gasteiger partial charge in [0.25, 0.3) is 0 Å². The molecule has 0 heterocycles. The predicted molar refractivity (Wildman–Crippen MR) is 58.3 cm³/mol. The Bertz CT molecular complexity index is 367. The summed E-state index contributed by atoms with van der Waals surface area (Å²) in [5.41, 5.74) is 0. The molecule has 0 unspecified atom stereocenters. The summed E-state index contributed by atoms with van der Waals surface area (Å²) >= 11 is 0. The first-order valence-corrected chi connectivity index (χ1v) is 5.11. The van der Waals surface area contributed by atoms with Crippen LogP contribution in [0.2, 0.25) is 0 Å². The average molecular weight is 222 g/mol. The number of hydrogen-bond donors (Lipinski definition) is 0. The molecule has 16 heavy (non-hydrogen) atoms. The average Bonchev–Trinajstić information content (AvgIpc) is 2.20. The van der Waals surface area contributed by atoms with Crippen molar-refractivity contribution in [2.24, 2.45) is 0 Å². The van der Waals surface area contributed by atoms with E-state index in [9.17, 15) is 9.59 Å². The van der Waals surface area contributed by atoms with Gasteiger partial charge >= 0.3 is 11.9 Å². The van der Waals surface area contributed by atoms with Crippen molar-refractivity contribution >= 4 is 11.9 Å². The molecule has 0 atom stereocenters. The molecule has 0 aliphatic rings. The van der Waals surface area contributed by atoms with Gasteiger partial charge in [-0.25, -0.2) is 0 Å². The number of benzene rings is 1. The van der Waals surface area contributed by atoms with Gasteiger partial charge in [0, 0.05) is 13.3 Å². The van der Waals surface area contributed by atoms with Crippen LogP contribution in [0, 0.1) is 0 Å². The molecular weight excluding hydrogens is 208 g/mol. The molecule has 1 aromatic carbocycles. The zero-order valence-corrected chi connectivity index (χ0v) is 9.36. The van der Waals surface area contributed by atoms with Gasteiger partial charge < -0.3 is 9.47 Å². The molecule has 0 aliphatic carbocycles. The quantitative estimate of drug-likeness (QED) is 0.579. The normalized spacial score (nSPS) is 9.62. The summed E-state index contributed by atoms with van der Waals surface area (Å²) in [7, 11) is 0. The van der Waals surface area contributed by atoms with E-state index in [0.29, 0.717) is 17.9 Å². The molecule has 0 bridgehead atoms. The van der Waals surface area contributed by atoms with Crippen LogP contribution < -0.4 is 9.47 Å². The van der Waals surface area contributed by atoms with E-state index in [4.69, 9.17) is 9.47 Å². The van der Waals surface area contributed by atoms with Crippen molar-refractivity contribution in [1.82, 2.24) is 0 Å². The van der Waals surface area contributed by atoms with E-state index in [1.54, 1.807) is 24.3 Å². The Morgan fingerprint density at radius 2 is 1.56 bits per heavy atom. The zero-order valence-electron chi connectivity index (χ0n) is 9.36. The molecule has 0 saturated carbocycles. The van der Waals surface area contributed by atoms with Crippen molar-refractivity contribution in [2.45, 2.75) is 26.7 Å². The molecule has 0 N–H and O–H groups in total. The minimum Gasteiger partial charge on any atom is -0.427 e. The van der Waals surface area contributed by atoms with Gasteiger partial charge in [-0.15, -0.1) is 0 Å². The molecule has 0 fully saturated rings. The van der Waals surface area contributed by atoms with Gasteiger partial charge in [0.2, 0.25) is 0 Å². The SMILES string of the molecule is CCCC(=O)Oc1ccc(OC(C)=O)cc1. The maximum atomic E-state index is 11.2. The second-order valence-electron chi connectivity index (χ2n) is 3.29. The third kappa shape index (κ3) is 4.13. The van der Waals surface area contributed by atoms with Crippen LogP contribution in [0.3, 0.4) is 0 Å². The van der Waals surface area contributed by atoms with Gasteiger partial charge in [-0.3, -0.25) is 9.59 Å². The molecule has 4 nitrogen and oxygen atoms in total. The molecule has 0 amide bonds. The number of esters is 2. The molecule has 0 aromatic heterocycles. The molecule has 0 spiro atoms. The minimum absolute atomic E-state index is 0.261. The number of rotatable bonds is 4. The van der Waals surface area contributed by atoms with Crippen LogP contribution in [-0.4, -0.2) is 11.9 Å². The molecule has 1 rings (SSSR count). The number of carbonyl (C=O) groups is 2. The van der Waals surface area contributed by atoms with Gasteiger partial charge in [-0.1, -0.05) is 6.92 Å². The Hall–Kier alpha value is -1.84. The van der Waals surface area contributed by atoms with Crippen LogP contribution in [0.5, 0.6) is 11.5 Å². The lowest BCUT2D eigenvalue weighted by molar-refractivity contribution is -0.134. The molecule has 0 radical (unpaired) electrons. The first-order valence-electron chi connectivity index (χ1n) is 5.11. The first kappa shape index (κ1) is 12.2. The lowest BCUT2D eigenvalue weighted by Gasteiger charge is -2.04.